The third-order valence-electron chi connectivity index (χ3n) is 3.64. The molecule has 1 fully saturated rings. The second-order valence-electron chi connectivity index (χ2n) is 5.07. The summed E-state index contributed by atoms with van der Waals surface area (Å²) in [5, 5.41) is 9.49. The second kappa shape index (κ2) is 5.08. The van der Waals surface area contributed by atoms with Crippen LogP contribution in [0.3, 0.4) is 0 Å². The molecule has 1 aromatic rings. The molecule has 1 aliphatic heterocycles. The van der Waals surface area contributed by atoms with Crippen LogP contribution in [0.4, 0.5) is 0 Å². The lowest BCUT2D eigenvalue weighted by atomic mass is 10.0. The van der Waals surface area contributed by atoms with Crippen LogP contribution in [-0.2, 0) is 6.54 Å². The Kier molecular flexibility index (Phi) is 3.71. The summed E-state index contributed by atoms with van der Waals surface area (Å²) in [7, 11) is 0. The Morgan fingerprint density at radius 3 is 2.53 bits per heavy atom. The fourth-order valence-electron chi connectivity index (χ4n) is 2.36. The van der Waals surface area contributed by atoms with Gasteiger partial charge in [-0.15, -0.1) is 0 Å². The first-order valence-electron chi connectivity index (χ1n) is 6.01. The predicted octanol–water partition coefficient (Wildman–Crippen LogP) is 3.30. The summed E-state index contributed by atoms with van der Waals surface area (Å²) in [6, 6.07) is 7.66. The van der Waals surface area contributed by atoms with Crippen molar-refractivity contribution in [3.63, 3.8) is 0 Å². The van der Waals surface area contributed by atoms with Crippen molar-refractivity contribution in [1.29, 1.82) is 5.26 Å². The van der Waals surface area contributed by atoms with Crippen molar-refractivity contribution < 1.29 is 0 Å². The zero-order valence-electron chi connectivity index (χ0n) is 10.3. The van der Waals surface area contributed by atoms with Crippen LogP contribution in [0.25, 0.3) is 0 Å². The van der Waals surface area contributed by atoms with Gasteiger partial charge in [0.15, 0.2) is 0 Å². The van der Waals surface area contributed by atoms with Gasteiger partial charge in [-0.2, -0.15) is 5.26 Å². The summed E-state index contributed by atoms with van der Waals surface area (Å²) < 4.78 is 0. The Balaban J connectivity index is 2.07. The number of rotatable bonds is 2. The molecule has 0 aromatic heterocycles. The highest BCUT2D eigenvalue weighted by Gasteiger charge is 2.26. The maximum Gasteiger partial charge on any atom is 0.0992 e. The van der Waals surface area contributed by atoms with E-state index in [1.54, 1.807) is 6.07 Å². The van der Waals surface area contributed by atoms with Crippen molar-refractivity contribution in [3.8, 4) is 6.07 Å². The summed E-state index contributed by atoms with van der Waals surface area (Å²) in [6.07, 6.45) is 0. The van der Waals surface area contributed by atoms with Gasteiger partial charge < -0.3 is 0 Å². The summed E-state index contributed by atoms with van der Waals surface area (Å²) in [6.45, 7) is 7.75. The monoisotopic (exact) mass is 248 g/mol. The first kappa shape index (κ1) is 12.4. The van der Waals surface area contributed by atoms with Gasteiger partial charge in [-0.25, -0.2) is 0 Å². The quantitative estimate of drug-likeness (QED) is 0.803. The number of likely N-dealkylation sites (tertiary alicyclic amines) is 1. The third-order valence-corrected chi connectivity index (χ3v) is 3.99. The minimum atomic E-state index is 0.627. The first-order valence-corrected chi connectivity index (χ1v) is 6.39. The molecule has 0 bridgehead atoms. The lowest BCUT2D eigenvalue weighted by Gasteiger charge is -2.16. The molecule has 0 N–H and O–H groups in total. The Labute approximate surface area is 108 Å². The predicted molar refractivity (Wildman–Crippen MR) is 69.8 cm³/mol. The SMILES string of the molecule is CC1CN(Cc2ccc(C#N)cc2Cl)CC1C. The molecule has 3 heteroatoms. The average Bonchev–Trinajstić information content (AvgIpc) is 2.61. The van der Waals surface area contributed by atoms with Crippen molar-refractivity contribution in [2.75, 3.05) is 13.1 Å². The fraction of sp³-hybridized carbons (Fsp3) is 0.500. The van der Waals surface area contributed by atoms with E-state index in [2.05, 4.69) is 24.8 Å². The van der Waals surface area contributed by atoms with Crippen LogP contribution < -0.4 is 0 Å². The van der Waals surface area contributed by atoms with Gasteiger partial charge in [0.05, 0.1) is 11.6 Å². The molecule has 1 heterocycles. The Morgan fingerprint density at radius 1 is 1.35 bits per heavy atom. The van der Waals surface area contributed by atoms with Gasteiger partial charge in [0.1, 0.15) is 0 Å². The Morgan fingerprint density at radius 2 is 2.00 bits per heavy atom. The van der Waals surface area contributed by atoms with Crippen molar-refractivity contribution in [2.45, 2.75) is 20.4 Å². The highest BCUT2D eigenvalue weighted by atomic mass is 35.5. The topological polar surface area (TPSA) is 27.0 Å². The van der Waals surface area contributed by atoms with Gasteiger partial charge in [-0.05, 0) is 29.5 Å². The van der Waals surface area contributed by atoms with E-state index in [-0.39, 0.29) is 0 Å². The van der Waals surface area contributed by atoms with Gasteiger partial charge in [0.2, 0.25) is 0 Å². The van der Waals surface area contributed by atoms with Crippen molar-refractivity contribution >= 4 is 11.6 Å². The van der Waals surface area contributed by atoms with E-state index in [9.17, 15) is 0 Å². The normalized spacial score (nSPS) is 24.8. The molecule has 2 nitrogen and oxygen atoms in total. The minimum absolute atomic E-state index is 0.627. The Bertz CT molecular complexity index is 440. The Hall–Kier alpha value is -1.04. The molecule has 2 unspecified atom stereocenters. The highest BCUT2D eigenvalue weighted by Crippen LogP contribution is 2.26. The summed E-state index contributed by atoms with van der Waals surface area (Å²) in [5.74, 6) is 1.51. The molecule has 0 aliphatic carbocycles. The van der Waals surface area contributed by atoms with Crippen molar-refractivity contribution in [2.24, 2.45) is 11.8 Å². The molecule has 0 amide bonds. The zero-order valence-corrected chi connectivity index (χ0v) is 11.0. The van der Waals surface area contributed by atoms with Gasteiger partial charge in [-0.3, -0.25) is 4.90 Å². The highest BCUT2D eigenvalue weighted by molar-refractivity contribution is 6.31. The molecule has 2 atom stereocenters. The van der Waals surface area contributed by atoms with Crippen LogP contribution in [-0.4, -0.2) is 18.0 Å². The van der Waals surface area contributed by atoms with Crippen molar-refractivity contribution in [3.05, 3.63) is 34.3 Å². The van der Waals surface area contributed by atoms with Gasteiger partial charge >= 0.3 is 0 Å². The van der Waals surface area contributed by atoms with E-state index in [1.165, 1.54) is 0 Å². The smallest absolute Gasteiger partial charge is 0.0992 e. The summed E-state index contributed by atoms with van der Waals surface area (Å²) >= 11 is 6.18. The van der Waals surface area contributed by atoms with Crippen molar-refractivity contribution in [1.82, 2.24) is 4.90 Å². The molecular formula is C14H17ClN2. The molecule has 1 aliphatic rings. The van der Waals surface area contributed by atoms with E-state index >= 15 is 0 Å². The number of hydrogen-bond donors (Lipinski definition) is 0. The maximum absolute atomic E-state index is 8.79. The molecule has 17 heavy (non-hydrogen) atoms. The van der Waals surface area contributed by atoms with E-state index in [1.807, 2.05) is 12.1 Å². The first-order chi connectivity index (χ1) is 8.10. The number of hydrogen-bond acceptors (Lipinski definition) is 2. The molecular weight excluding hydrogens is 232 g/mol. The molecule has 2 rings (SSSR count). The van der Waals surface area contributed by atoms with Gasteiger partial charge in [0, 0.05) is 24.7 Å². The number of benzene rings is 1. The summed E-state index contributed by atoms with van der Waals surface area (Å²) in [4.78, 5) is 2.43. The van der Waals surface area contributed by atoms with E-state index < -0.39 is 0 Å². The lowest BCUT2D eigenvalue weighted by Crippen LogP contribution is -2.20. The molecule has 0 saturated carbocycles. The average molecular weight is 249 g/mol. The minimum Gasteiger partial charge on any atom is -0.298 e. The van der Waals surface area contributed by atoms with Crippen LogP contribution in [0.15, 0.2) is 18.2 Å². The maximum atomic E-state index is 8.79. The number of nitriles is 1. The second-order valence-corrected chi connectivity index (χ2v) is 5.47. The van der Waals surface area contributed by atoms with Crippen LogP contribution in [0.1, 0.15) is 25.0 Å². The number of nitrogens with zero attached hydrogens (tertiary/aromatic N) is 2. The standard InChI is InChI=1S/C14H17ClN2/c1-10-7-17(8-11(10)2)9-13-4-3-12(6-16)5-14(13)15/h3-5,10-11H,7-9H2,1-2H3. The molecule has 0 spiro atoms. The van der Waals surface area contributed by atoms with Crippen LogP contribution in [0.2, 0.25) is 5.02 Å². The van der Waals surface area contributed by atoms with E-state index in [4.69, 9.17) is 16.9 Å². The fourth-order valence-corrected chi connectivity index (χ4v) is 2.60. The third kappa shape index (κ3) is 2.80. The molecule has 1 aromatic carbocycles. The zero-order chi connectivity index (χ0) is 12.4. The number of halogens is 1. The lowest BCUT2D eigenvalue weighted by molar-refractivity contribution is 0.316. The van der Waals surface area contributed by atoms with Gasteiger partial charge in [-0.1, -0.05) is 31.5 Å². The van der Waals surface area contributed by atoms with Crippen LogP contribution in [0.5, 0.6) is 0 Å². The molecule has 90 valence electrons. The van der Waals surface area contributed by atoms with Crippen LogP contribution in [0, 0.1) is 23.2 Å². The van der Waals surface area contributed by atoms with Gasteiger partial charge in [0.25, 0.3) is 0 Å². The van der Waals surface area contributed by atoms with E-state index in [0.717, 1.165) is 37.0 Å². The van der Waals surface area contributed by atoms with E-state index in [0.29, 0.717) is 10.6 Å². The van der Waals surface area contributed by atoms with Crippen LogP contribution >= 0.6 is 11.6 Å². The largest absolute Gasteiger partial charge is 0.298 e. The summed E-state index contributed by atoms with van der Waals surface area (Å²) in [5.41, 5.74) is 1.74. The molecule has 1 saturated heterocycles. The molecule has 0 radical (unpaired) electrons.